The van der Waals surface area contributed by atoms with Crippen molar-refractivity contribution in [2.75, 3.05) is 46.4 Å². The molecular weight excluding hydrogens is 695 g/mol. The van der Waals surface area contributed by atoms with Crippen molar-refractivity contribution in [2.45, 2.75) is 109 Å². The van der Waals surface area contributed by atoms with Crippen LogP contribution in [0.4, 0.5) is 4.79 Å². The van der Waals surface area contributed by atoms with Crippen molar-refractivity contribution in [1.82, 2.24) is 31.9 Å². The number of carbonyl (C=O) groups is 7. The average Bonchev–Trinajstić information content (AvgIpc) is 3.00. The third kappa shape index (κ3) is 15.9. The van der Waals surface area contributed by atoms with Gasteiger partial charge in [-0.2, -0.15) is 0 Å². The number of methoxy groups -OCH3 is 1. The molecule has 0 aliphatic heterocycles. The van der Waals surface area contributed by atoms with Crippen molar-refractivity contribution in [3.05, 3.63) is 0 Å². The first-order valence-corrected chi connectivity index (χ1v) is 17.2. The van der Waals surface area contributed by atoms with E-state index in [1.54, 1.807) is 104 Å². The Balaban J connectivity index is 5.02. The topological polar surface area (TPSA) is 210 Å². The average molecular weight is 762 g/mol. The molecule has 0 bridgehead atoms. The van der Waals surface area contributed by atoms with Gasteiger partial charge in [-0.05, 0) is 104 Å². The van der Waals surface area contributed by atoms with Crippen LogP contribution in [0.1, 0.15) is 104 Å². The smallest absolute Gasteiger partial charge is 0.407 e. The second kappa shape index (κ2) is 17.5. The minimum atomic E-state index is -1.05. The molecule has 0 radical (unpaired) electrons. The number of esters is 1. The van der Waals surface area contributed by atoms with Crippen molar-refractivity contribution in [3.8, 4) is 0 Å². The summed E-state index contributed by atoms with van der Waals surface area (Å²) >= 11 is 0. The Morgan fingerprint density at radius 3 is 0.804 bits per heavy atom. The van der Waals surface area contributed by atoms with Gasteiger partial charge < -0.3 is 41.4 Å². The van der Waals surface area contributed by atoms with Gasteiger partial charge in [0.15, 0.2) is 0 Å². The zero-order valence-electron chi connectivity index (χ0n) is 33.9. The van der Waals surface area contributed by atoms with Crippen LogP contribution in [-0.4, -0.2) is 93.6 Å². The Hall–Kier alpha value is -3.91. The molecule has 6 N–H and O–H groups in total. The van der Waals surface area contributed by atoms with Crippen LogP contribution in [0.25, 0.3) is 0 Å². The number of rotatable bonds is 18. The standard InChI is InChI=1S/C36H66N6O9/c1-30(2,3)51-29(49)42-21-35(12,13)27(47)40-19-33(8,9)25(45)38-17-31(4,5)23(43)37-18-32(6,7)24(44)39-20-34(10,11)26(46)41-22-36(14,15)28(48)50-16/h17-22H2,1-16H3,(H,37,43)(H,38,45)(H,39,44)(H,40,47)(H,41,46)(H,42,49)/i4+1,5+1,6+1,7+1,8+1,9+1,10+1,11+1,12+1,13+1,14+1,15+1,17+1,18+1,19+1,20+1,21+1,22+1,23+1,24+1,25+1,26+1,27+1,31+1,32+1,33+1,34+1,35+1,36+1,37+1,38+1,39+1,40+1,41+1,42+1. The minimum absolute atomic E-state index is 0.00734. The number of hydrogen-bond acceptors (Lipinski definition) is 9. The van der Waals surface area contributed by atoms with E-state index in [0.29, 0.717) is 0 Å². The van der Waals surface area contributed by atoms with Crippen LogP contribution in [0.5, 0.6) is 0 Å². The van der Waals surface area contributed by atoms with Gasteiger partial charge in [0.25, 0.3) is 0 Å². The van der Waals surface area contributed by atoms with Crippen molar-refractivity contribution < 1.29 is 43.0 Å². The lowest BCUT2D eigenvalue weighted by atomic mass is 10.2. The third-order valence-corrected chi connectivity index (χ3v) is 8.34. The molecule has 0 unspecified atom stereocenters. The zero-order chi connectivity index (χ0) is 40.4. The Labute approximate surface area is 304 Å². The predicted octanol–water partition coefficient (Wildman–Crippen LogP) is 2.42. The highest BCUT2D eigenvalue weighted by atomic mass is 16.6. The molecule has 15 heteroatoms. The van der Waals surface area contributed by atoms with Crippen LogP contribution in [0.2, 0.25) is 0 Å². The lowest BCUT2D eigenvalue weighted by Crippen LogP contribution is -2.54. The second-order valence-electron chi connectivity index (χ2n) is 18.1. The molecule has 6 amide bonds. The summed E-state index contributed by atoms with van der Waals surface area (Å²) in [4.78, 5) is 89.0. The minimum Gasteiger partial charge on any atom is -0.469 e. The van der Waals surface area contributed by atoms with Crippen LogP contribution in [0, 0.1) is 32.5 Å². The van der Waals surface area contributed by atoms with Gasteiger partial charge in [0.1, 0.15) is 5.60 Å². The van der Waals surface area contributed by atoms with Gasteiger partial charge in [-0.25, -0.2) is 4.79 Å². The molecule has 0 atom stereocenters. The van der Waals surface area contributed by atoms with E-state index in [0.717, 1.165) is 0 Å². The van der Waals surface area contributed by atoms with E-state index in [1.165, 1.54) is 7.11 Å². The maximum atomic E-state index is 13.2. The largest absolute Gasteiger partial charge is 0.469 e. The summed E-state index contributed by atoms with van der Waals surface area (Å²) in [6, 6.07) is 0. The van der Waals surface area contributed by atoms with Crippen LogP contribution >= 0.6 is 0 Å². The first-order chi connectivity index (χ1) is 22.7. The van der Waals surface area contributed by atoms with E-state index in [1.807, 2.05) is 0 Å². The lowest BCUT2D eigenvalue weighted by Gasteiger charge is -2.32. The molecule has 0 aromatic carbocycles. The third-order valence-electron chi connectivity index (χ3n) is 8.34. The Morgan fingerprint density at radius 1 is 0.373 bits per heavy atom. The van der Waals surface area contributed by atoms with Gasteiger partial charge in [-0.3, -0.25) is 28.8 Å². The van der Waals surface area contributed by atoms with Crippen LogP contribution in [0.3, 0.4) is 0 Å². The van der Waals surface area contributed by atoms with Crippen molar-refractivity contribution in [3.63, 3.8) is 0 Å². The molecule has 15 nitrogen and oxygen atoms in total. The van der Waals surface area contributed by atoms with Crippen molar-refractivity contribution >= 4 is 41.6 Å². The summed E-state index contributed by atoms with van der Waals surface area (Å²) in [6.07, 6.45) is -0.637. The van der Waals surface area contributed by atoms with E-state index in [4.69, 9.17) is 9.47 Å². The summed E-state index contributed by atoms with van der Waals surface area (Å²) in [6.45, 7) is 25.2. The zero-order valence-corrected chi connectivity index (χ0v) is 33.9. The lowest BCUT2D eigenvalue weighted by molar-refractivity contribution is -0.151. The molecule has 0 spiro atoms. The quantitative estimate of drug-likeness (QED) is 0.0688. The fourth-order valence-electron chi connectivity index (χ4n) is 4.06. The van der Waals surface area contributed by atoms with Gasteiger partial charge in [-0.15, -0.1) is 0 Å². The molecule has 0 saturated carbocycles. The maximum Gasteiger partial charge on any atom is 0.407 e. The van der Waals surface area contributed by atoms with E-state index in [-0.39, 0.29) is 68.8 Å². The van der Waals surface area contributed by atoms with Gasteiger partial charge >= 0.3 is 12.1 Å². The monoisotopic (exact) mass is 762 g/mol. The summed E-state index contributed by atoms with van der Waals surface area (Å²) in [5.74, 6) is -2.32. The number of nitrogens with one attached hydrogen (secondary N) is 6. The summed E-state index contributed by atoms with van der Waals surface area (Å²) in [7, 11) is 1.28. The van der Waals surface area contributed by atoms with Crippen molar-refractivity contribution in [1.29, 1.82) is 0 Å². The SMILES string of the molecule is COC(=O)[13C]([13CH3])([13CH3])[13CH2][15NH][13C](=O)[13C]([13CH3])([13CH3])[13CH2][15NH][13C](=O)[13C]([13CH3])([13CH3])[13CH2][15NH][13C](=O)[13C]([13CH3])([13CH3])[13CH2][15NH][13C](=O)[13C]([13CH3])([13CH3])[13CH2][15NH][13C](=O)[13C]([13CH3])([13CH3])[13CH2][15NH]C(=O)OC(C)(C)C. The molecule has 0 aliphatic carbocycles. The maximum absolute atomic E-state index is 13.2. The molecule has 0 heterocycles. The molecule has 0 fully saturated rings. The molecule has 0 rings (SSSR count). The molecule has 51 heavy (non-hydrogen) atoms. The normalized spacial score (nSPS) is 12.9. The van der Waals surface area contributed by atoms with Crippen molar-refractivity contribution in [2.24, 2.45) is 32.5 Å². The van der Waals surface area contributed by atoms with Crippen LogP contribution in [-0.2, 0) is 38.2 Å². The highest BCUT2D eigenvalue weighted by molar-refractivity contribution is 5.88. The van der Waals surface area contributed by atoms with E-state index in [2.05, 4.69) is 31.9 Å². The molecule has 0 aromatic rings. The summed E-state index contributed by atoms with van der Waals surface area (Å²) < 4.78 is 9.99. The number of amides is 6. The number of alkyl carbamates (subject to hydrolysis) is 1. The fraction of sp³-hybridized carbons (Fsp3) is 0.806. The predicted molar refractivity (Wildman–Crippen MR) is 194 cm³/mol. The van der Waals surface area contributed by atoms with Gasteiger partial charge in [0, 0.05) is 39.3 Å². The van der Waals surface area contributed by atoms with E-state index in [9.17, 15) is 33.6 Å². The molecule has 0 aliphatic rings. The van der Waals surface area contributed by atoms with E-state index >= 15 is 0 Å². The van der Waals surface area contributed by atoms with Gasteiger partial charge in [-0.1, -0.05) is 0 Å². The highest BCUT2D eigenvalue weighted by Crippen LogP contribution is 2.22. The van der Waals surface area contributed by atoms with Crippen LogP contribution < -0.4 is 31.9 Å². The summed E-state index contributed by atoms with van der Waals surface area (Å²) in [5, 5.41) is 16.5. The first-order valence-electron chi connectivity index (χ1n) is 17.2. The Bertz CT molecular complexity index is 1290. The Morgan fingerprint density at radius 2 is 0.588 bits per heavy atom. The first kappa shape index (κ1) is 47.1. The number of ether oxygens (including phenoxy) is 2. The number of carbonyl (C=O) groups excluding carboxylic acids is 7. The second-order valence-corrected chi connectivity index (χ2v) is 18.1. The number of hydrogen-bond donors (Lipinski definition) is 6. The van der Waals surface area contributed by atoms with Gasteiger partial charge in [0.2, 0.25) is 29.5 Å². The van der Waals surface area contributed by atoms with Gasteiger partial charge in [0.05, 0.1) is 39.6 Å². The van der Waals surface area contributed by atoms with Crippen LogP contribution in [0.15, 0.2) is 0 Å². The molecule has 0 saturated heterocycles. The van der Waals surface area contributed by atoms with E-state index < -0.39 is 50.2 Å². The fourth-order valence-corrected chi connectivity index (χ4v) is 4.06. The molecular formula is C36H66N6O9. The molecule has 0 aromatic heterocycles. The molecule has 294 valence electrons. The Kier molecular flexibility index (Phi) is 16.2. The summed E-state index contributed by atoms with van der Waals surface area (Å²) in [5.41, 5.74) is -6.68. The highest BCUT2D eigenvalue weighted by Gasteiger charge is 2.38.